The van der Waals surface area contributed by atoms with Crippen LogP contribution in [-0.2, 0) is 4.79 Å². The highest BCUT2D eigenvalue weighted by Crippen LogP contribution is 2.42. The van der Waals surface area contributed by atoms with Crippen LogP contribution >= 0.6 is 11.8 Å². The fourth-order valence-corrected chi connectivity index (χ4v) is 4.50. The van der Waals surface area contributed by atoms with Crippen LogP contribution in [0.25, 0.3) is 0 Å². The third-order valence-electron chi connectivity index (χ3n) is 4.48. The summed E-state index contributed by atoms with van der Waals surface area (Å²) in [6, 6.07) is 8.04. The van der Waals surface area contributed by atoms with E-state index in [0.29, 0.717) is 5.75 Å². The quantitative estimate of drug-likeness (QED) is 0.835. The standard InChI is InChI=1S/C17H24N2O2S/c1-21-15-8-4-3-7-14(15)17-19(16(20)13-22-17)12-11-18-9-5-2-6-10-18/h3-4,7-8,17H,2,5-6,9-13H2,1H3. The Kier molecular flexibility index (Phi) is 5.26. The second kappa shape index (κ2) is 7.38. The number of hydrogen-bond donors (Lipinski definition) is 0. The molecule has 0 saturated carbocycles. The summed E-state index contributed by atoms with van der Waals surface area (Å²) in [4.78, 5) is 16.8. The van der Waals surface area contributed by atoms with Crippen LogP contribution in [0.2, 0.25) is 0 Å². The topological polar surface area (TPSA) is 32.8 Å². The molecule has 3 rings (SSSR count). The highest BCUT2D eigenvalue weighted by atomic mass is 32.2. The van der Waals surface area contributed by atoms with Gasteiger partial charge in [-0.05, 0) is 32.0 Å². The second-order valence-corrected chi connectivity index (χ2v) is 6.96. The summed E-state index contributed by atoms with van der Waals surface area (Å²) >= 11 is 1.71. The van der Waals surface area contributed by atoms with Gasteiger partial charge in [-0.1, -0.05) is 24.6 Å². The Hall–Kier alpha value is -1.20. The van der Waals surface area contributed by atoms with E-state index in [-0.39, 0.29) is 11.3 Å². The summed E-state index contributed by atoms with van der Waals surface area (Å²) in [6.45, 7) is 4.15. The van der Waals surface area contributed by atoms with Gasteiger partial charge in [0.2, 0.25) is 5.91 Å². The van der Waals surface area contributed by atoms with Crippen molar-refractivity contribution in [3.05, 3.63) is 29.8 Å². The number of benzene rings is 1. The van der Waals surface area contributed by atoms with E-state index in [0.717, 1.165) is 24.4 Å². The number of amides is 1. The van der Waals surface area contributed by atoms with Crippen molar-refractivity contribution in [2.75, 3.05) is 39.0 Å². The first-order valence-electron chi connectivity index (χ1n) is 8.06. The summed E-state index contributed by atoms with van der Waals surface area (Å²) in [5, 5.41) is 0.0911. The zero-order valence-corrected chi connectivity index (χ0v) is 14.0. The summed E-state index contributed by atoms with van der Waals surface area (Å²) < 4.78 is 5.47. The number of carbonyl (C=O) groups is 1. The van der Waals surface area contributed by atoms with E-state index < -0.39 is 0 Å². The third kappa shape index (κ3) is 3.41. The van der Waals surface area contributed by atoms with Crippen LogP contribution in [0.5, 0.6) is 5.75 Å². The SMILES string of the molecule is COc1ccccc1C1SCC(=O)N1CCN1CCCCC1. The number of hydrogen-bond acceptors (Lipinski definition) is 4. The van der Waals surface area contributed by atoms with Crippen molar-refractivity contribution in [3.63, 3.8) is 0 Å². The molecule has 120 valence electrons. The number of piperidine rings is 1. The maximum Gasteiger partial charge on any atom is 0.233 e. The minimum Gasteiger partial charge on any atom is -0.496 e. The molecule has 0 aliphatic carbocycles. The van der Waals surface area contributed by atoms with Crippen molar-refractivity contribution in [1.82, 2.24) is 9.80 Å². The summed E-state index contributed by atoms with van der Waals surface area (Å²) in [5.41, 5.74) is 1.11. The van der Waals surface area contributed by atoms with Gasteiger partial charge in [0.25, 0.3) is 0 Å². The van der Waals surface area contributed by atoms with Gasteiger partial charge in [-0.2, -0.15) is 0 Å². The first-order chi connectivity index (χ1) is 10.8. The lowest BCUT2D eigenvalue weighted by Gasteiger charge is -2.31. The fourth-order valence-electron chi connectivity index (χ4n) is 3.26. The fraction of sp³-hybridized carbons (Fsp3) is 0.588. The molecular weight excluding hydrogens is 296 g/mol. The molecule has 2 fully saturated rings. The lowest BCUT2D eigenvalue weighted by molar-refractivity contribution is -0.128. The number of ether oxygens (including phenoxy) is 1. The Labute approximate surface area is 136 Å². The smallest absolute Gasteiger partial charge is 0.233 e. The molecule has 1 aromatic carbocycles. The number of methoxy groups -OCH3 is 1. The van der Waals surface area contributed by atoms with E-state index >= 15 is 0 Å². The van der Waals surface area contributed by atoms with E-state index in [9.17, 15) is 4.79 Å². The Morgan fingerprint density at radius 3 is 2.73 bits per heavy atom. The summed E-state index contributed by atoms with van der Waals surface area (Å²) in [6.07, 6.45) is 3.93. The van der Waals surface area contributed by atoms with E-state index in [2.05, 4.69) is 11.0 Å². The zero-order chi connectivity index (χ0) is 15.4. The normalized spacial score (nSPS) is 23.0. The first kappa shape index (κ1) is 15.7. The summed E-state index contributed by atoms with van der Waals surface area (Å²) in [5.74, 6) is 1.69. The van der Waals surface area contributed by atoms with Crippen LogP contribution in [0.1, 0.15) is 30.2 Å². The number of nitrogens with zero attached hydrogens (tertiary/aromatic N) is 2. The average Bonchev–Trinajstić information content (AvgIpc) is 2.94. The number of carbonyl (C=O) groups excluding carboxylic acids is 1. The lowest BCUT2D eigenvalue weighted by atomic mass is 10.1. The van der Waals surface area contributed by atoms with Crippen molar-refractivity contribution < 1.29 is 9.53 Å². The molecule has 1 amide bonds. The molecule has 0 bridgehead atoms. The molecular formula is C17H24N2O2S. The lowest BCUT2D eigenvalue weighted by Crippen LogP contribution is -2.39. The van der Waals surface area contributed by atoms with Crippen LogP contribution in [0, 0.1) is 0 Å². The van der Waals surface area contributed by atoms with Crippen molar-refractivity contribution >= 4 is 17.7 Å². The maximum absolute atomic E-state index is 12.3. The molecule has 0 spiro atoms. The molecule has 22 heavy (non-hydrogen) atoms. The molecule has 1 atom stereocenters. The van der Waals surface area contributed by atoms with Crippen LogP contribution in [0.4, 0.5) is 0 Å². The molecule has 5 heteroatoms. The molecule has 1 unspecified atom stereocenters. The van der Waals surface area contributed by atoms with E-state index in [1.54, 1.807) is 18.9 Å². The third-order valence-corrected chi connectivity index (χ3v) is 5.72. The van der Waals surface area contributed by atoms with Gasteiger partial charge in [0, 0.05) is 18.7 Å². The largest absolute Gasteiger partial charge is 0.496 e. The molecule has 2 aliphatic heterocycles. The van der Waals surface area contributed by atoms with Crippen molar-refractivity contribution in [2.24, 2.45) is 0 Å². The Morgan fingerprint density at radius 1 is 1.18 bits per heavy atom. The van der Waals surface area contributed by atoms with Gasteiger partial charge in [0.15, 0.2) is 0 Å². The number of para-hydroxylation sites is 1. The average molecular weight is 320 g/mol. The second-order valence-electron chi connectivity index (χ2n) is 5.89. The van der Waals surface area contributed by atoms with Crippen molar-refractivity contribution in [2.45, 2.75) is 24.6 Å². The van der Waals surface area contributed by atoms with E-state index in [1.165, 1.54) is 32.4 Å². The zero-order valence-electron chi connectivity index (χ0n) is 13.2. The van der Waals surface area contributed by atoms with Gasteiger partial charge >= 0.3 is 0 Å². The van der Waals surface area contributed by atoms with E-state index in [1.807, 2.05) is 23.1 Å². The highest BCUT2D eigenvalue weighted by Gasteiger charge is 2.34. The maximum atomic E-state index is 12.3. The van der Waals surface area contributed by atoms with E-state index in [4.69, 9.17) is 4.74 Å². The molecule has 0 radical (unpaired) electrons. The molecule has 4 nitrogen and oxygen atoms in total. The monoisotopic (exact) mass is 320 g/mol. The Balaban J connectivity index is 1.69. The molecule has 2 aliphatic rings. The van der Waals surface area contributed by atoms with Crippen LogP contribution in [0.15, 0.2) is 24.3 Å². The van der Waals surface area contributed by atoms with Crippen molar-refractivity contribution in [3.8, 4) is 5.75 Å². The van der Waals surface area contributed by atoms with Crippen LogP contribution in [0.3, 0.4) is 0 Å². The number of thioether (sulfide) groups is 1. The van der Waals surface area contributed by atoms with Crippen LogP contribution < -0.4 is 4.74 Å². The van der Waals surface area contributed by atoms with Crippen molar-refractivity contribution in [1.29, 1.82) is 0 Å². The predicted molar refractivity (Wildman–Crippen MR) is 90.2 cm³/mol. The first-order valence-corrected chi connectivity index (χ1v) is 9.11. The van der Waals surface area contributed by atoms with Gasteiger partial charge in [0.1, 0.15) is 11.1 Å². The molecule has 0 aromatic heterocycles. The highest BCUT2D eigenvalue weighted by molar-refractivity contribution is 8.00. The Morgan fingerprint density at radius 2 is 1.95 bits per heavy atom. The number of rotatable bonds is 5. The Bertz CT molecular complexity index is 517. The minimum absolute atomic E-state index is 0.0911. The minimum atomic E-state index is 0.0911. The molecule has 2 heterocycles. The molecule has 0 N–H and O–H groups in total. The van der Waals surface area contributed by atoms with Gasteiger partial charge in [-0.15, -0.1) is 11.8 Å². The van der Waals surface area contributed by atoms with Crippen LogP contribution in [-0.4, -0.2) is 54.7 Å². The van der Waals surface area contributed by atoms with Gasteiger partial charge < -0.3 is 14.5 Å². The predicted octanol–water partition coefficient (Wildman–Crippen LogP) is 2.76. The summed E-state index contributed by atoms with van der Waals surface area (Å²) in [7, 11) is 1.69. The van der Waals surface area contributed by atoms with Gasteiger partial charge in [-0.25, -0.2) is 0 Å². The molecule has 1 aromatic rings. The van der Waals surface area contributed by atoms with Gasteiger partial charge in [-0.3, -0.25) is 4.79 Å². The molecule has 2 saturated heterocycles. The number of likely N-dealkylation sites (tertiary alicyclic amines) is 1. The van der Waals surface area contributed by atoms with Gasteiger partial charge in [0.05, 0.1) is 12.9 Å².